The van der Waals surface area contributed by atoms with Crippen molar-refractivity contribution in [1.82, 2.24) is 4.90 Å². The third-order valence-electron chi connectivity index (χ3n) is 14.5. The van der Waals surface area contributed by atoms with Gasteiger partial charge < -0.3 is 24.6 Å². The van der Waals surface area contributed by atoms with Gasteiger partial charge in [-0.2, -0.15) is 0 Å². The van der Waals surface area contributed by atoms with Crippen LogP contribution in [0, 0.1) is 23.2 Å². The Labute approximate surface area is 347 Å². The minimum atomic E-state index is -1.25. The summed E-state index contributed by atoms with van der Waals surface area (Å²) in [5.74, 6) is 1.00. The number of allylic oxidation sites excluding steroid dienone is 2. The summed E-state index contributed by atoms with van der Waals surface area (Å²) in [6.45, 7) is 12.2. The summed E-state index contributed by atoms with van der Waals surface area (Å²) in [4.78, 5) is 31.0. The Hall–Kier alpha value is -3.78. The van der Waals surface area contributed by atoms with Crippen molar-refractivity contribution in [2.75, 3.05) is 19.7 Å². The number of hydrogen-bond acceptors (Lipinski definition) is 6. The number of ether oxygens (including phenoxy) is 2. The summed E-state index contributed by atoms with van der Waals surface area (Å²) in [7, 11) is 0. The van der Waals surface area contributed by atoms with Crippen LogP contribution in [-0.4, -0.2) is 70.6 Å². The number of amides is 1. The van der Waals surface area contributed by atoms with E-state index in [9.17, 15) is 19.8 Å². The molecule has 8 atom stereocenters. The average molecular weight is 790 g/mol. The Kier molecular flexibility index (Phi) is 13.3. The molecule has 2 N–H and O–H groups in total. The molecule has 312 valence electrons. The maximum Gasteiger partial charge on any atom is 0.410 e. The third kappa shape index (κ3) is 9.32. The van der Waals surface area contributed by atoms with E-state index in [1.165, 1.54) is 5.57 Å². The van der Waals surface area contributed by atoms with Gasteiger partial charge in [-0.1, -0.05) is 112 Å². The first kappa shape index (κ1) is 42.3. The fourth-order valence-corrected chi connectivity index (χ4v) is 10.8. The van der Waals surface area contributed by atoms with Crippen LogP contribution in [0.15, 0.2) is 84.4 Å². The van der Waals surface area contributed by atoms with Gasteiger partial charge in [-0.05, 0) is 130 Å². The van der Waals surface area contributed by atoms with Crippen molar-refractivity contribution in [2.45, 2.75) is 141 Å². The summed E-state index contributed by atoms with van der Waals surface area (Å²) >= 11 is 0. The van der Waals surface area contributed by atoms with Crippen LogP contribution in [0.4, 0.5) is 4.79 Å². The van der Waals surface area contributed by atoms with E-state index < -0.39 is 17.1 Å². The zero-order chi connectivity index (χ0) is 41.0. The first-order chi connectivity index (χ1) is 27.8. The molecule has 0 aromatic heterocycles. The van der Waals surface area contributed by atoms with Gasteiger partial charge in [-0.25, -0.2) is 4.79 Å². The van der Waals surface area contributed by atoms with E-state index in [4.69, 9.17) is 9.47 Å². The van der Waals surface area contributed by atoms with Gasteiger partial charge in [0, 0.05) is 23.1 Å². The molecule has 7 heteroatoms. The van der Waals surface area contributed by atoms with Crippen LogP contribution in [-0.2, 0) is 15.9 Å². The molecule has 5 aliphatic rings. The van der Waals surface area contributed by atoms with Crippen molar-refractivity contribution in [1.29, 1.82) is 0 Å². The van der Waals surface area contributed by atoms with Crippen molar-refractivity contribution in [3.05, 3.63) is 107 Å². The highest BCUT2D eigenvalue weighted by atomic mass is 16.6. The number of rotatable bonds is 9. The summed E-state index contributed by atoms with van der Waals surface area (Å²) < 4.78 is 12.6. The molecule has 3 aromatic carbocycles. The first-order valence-electron chi connectivity index (χ1n) is 22.3. The Balaban J connectivity index is 1.24. The minimum absolute atomic E-state index is 0.0587. The molecule has 3 aromatic rings. The molecular formula is C51H67NO6. The maximum atomic E-state index is 14.7. The van der Waals surface area contributed by atoms with Gasteiger partial charge in [0.15, 0.2) is 5.78 Å². The lowest BCUT2D eigenvalue weighted by molar-refractivity contribution is -0.0908. The molecule has 1 amide bonds. The number of carbonyl (C=O) groups is 2. The molecule has 0 radical (unpaired) electrons. The molecule has 8 rings (SSSR count). The number of fused-ring (bicyclic) bond motifs is 8. The molecule has 3 fully saturated rings. The van der Waals surface area contributed by atoms with Crippen molar-refractivity contribution in [2.24, 2.45) is 23.2 Å². The third-order valence-corrected chi connectivity index (χ3v) is 14.5. The van der Waals surface area contributed by atoms with Crippen LogP contribution in [0.3, 0.4) is 0 Å². The average Bonchev–Trinajstić information content (AvgIpc) is 3.81. The number of hydrogen-bond donors (Lipinski definition) is 2. The van der Waals surface area contributed by atoms with E-state index in [2.05, 4.69) is 65.0 Å². The van der Waals surface area contributed by atoms with Crippen LogP contribution in [0.5, 0.6) is 0 Å². The fourth-order valence-electron chi connectivity index (χ4n) is 10.8. The van der Waals surface area contributed by atoms with Crippen molar-refractivity contribution in [3.8, 4) is 11.1 Å². The number of carbonyl (C=O) groups excluding carboxylic acids is 2. The number of ketones is 1. The van der Waals surface area contributed by atoms with Gasteiger partial charge in [0.1, 0.15) is 6.10 Å². The Morgan fingerprint density at radius 1 is 0.948 bits per heavy atom. The SMILES string of the molecule is CC1=CCCC2(C)C(CCC2(O)CN(CC2CCCO2)C(=O)OC2CC(C)CCC2C(C)C)c2ccc(cc2C(=O)c2ccc(-c3ccccc3)cc2)CC(O)CC1. The lowest BCUT2D eigenvalue weighted by atomic mass is 9.64. The second-order valence-electron chi connectivity index (χ2n) is 19.0. The summed E-state index contributed by atoms with van der Waals surface area (Å²) in [6, 6.07) is 24.2. The molecule has 1 aliphatic heterocycles. The van der Waals surface area contributed by atoms with Crippen LogP contribution in [0.2, 0.25) is 0 Å². The molecule has 2 bridgehead atoms. The largest absolute Gasteiger partial charge is 0.446 e. The lowest BCUT2D eigenvalue weighted by Gasteiger charge is -2.46. The van der Waals surface area contributed by atoms with Crippen LogP contribution in [0.1, 0.15) is 138 Å². The molecule has 1 heterocycles. The number of aliphatic hydroxyl groups excluding tert-OH is 1. The van der Waals surface area contributed by atoms with Crippen molar-refractivity contribution < 1.29 is 29.3 Å². The second-order valence-corrected chi connectivity index (χ2v) is 19.0. The van der Waals surface area contributed by atoms with Gasteiger partial charge in [-0.3, -0.25) is 4.79 Å². The Morgan fingerprint density at radius 3 is 2.43 bits per heavy atom. The summed E-state index contributed by atoms with van der Waals surface area (Å²) in [6.07, 6.45) is 10.5. The van der Waals surface area contributed by atoms with Crippen LogP contribution in [0.25, 0.3) is 11.1 Å². The normalized spacial score (nSPS) is 30.4. The molecule has 0 spiro atoms. The van der Waals surface area contributed by atoms with E-state index >= 15 is 0 Å². The van der Waals surface area contributed by atoms with Gasteiger partial charge in [0.05, 0.1) is 30.9 Å². The van der Waals surface area contributed by atoms with E-state index in [1.807, 2.05) is 48.5 Å². The number of nitrogens with zero attached hydrogens (tertiary/aromatic N) is 1. The van der Waals surface area contributed by atoms with E-state index in [-0.39, 0.29) is 36.5 Å². The van der Waals surface area contributed by atoms with Gasteiger partial charge in [0.25, 0.3) is 0 Å². The number of aliphatic hydroxyl groups is 2. The topological polar surface area (TPSA) is 96.3 Å². The monoisotopic (exact) mass is 789 g/mol. The van der Waals surface area contributed by atoms with E-state index in [1.54, 1.807) is 4.90 Å². The van der Waals surface area contributed by atoms with Gasteiger partial charge in [0.2, 0.25) is 0 Å². The highest BCUT2D eigenvalue weighted by molar-refractivity contribution is 6.10. The van der Waals surface area contributed by atoms with Crippen LogP contribution < -0.4 is 0 Å². The molecule has 2 saturated carbocycles. The lowest BCUT2D eigenvalue weighted by Crippen LogP contribution is -2.55. The molecule has 4 aliphatic carbocycles. The van der Waals surface area contributed by atoms with E-state index in [0.717, 1.165) is 67.2 Å². The van der Waals surface area contributed by atoms with Gasteiger partial charge in [-0.15, -0.1) is 0 Å². The zero-order valence-electron chi connectivity index (χ0n) is 35.6. The minimum Gasteiger partial charge on any atom is -0.446 e. The molecule has 8 unspecified atom stereocenters. The zero-order valence-corrected chi connectivity index (χ0v) is 35.6. The Morgan fingerprint density at radius 2 is 1.71 bits per heavy atom. The van der Waals surface area contributed by atoms with E-state index in [0.29, 0.717) is 74.1 Å². The fraction of sp³-hybridized carbons (Fsp3) is 0.569. The van der Waals surface area contributed by atoms with Crippen molar-refractivity contribution >= 4 is 11.9 Å². The highest BCUT2D eigenvalue weighted by Crippen LogP contribution is 2.59. The second kappa shape index (κ2) is 18.2. The molecular weight excluding hydrogens is 723 g/mol. The molecule has 1 saturated heterocycles. The summed E-state index contributed by atoms with van der Waals surface area (Å²) in [5, 5.41) is 24.3. The van der Waals surface area contributed by atoms with Crippen LogP contribution >= 0.6 is 0 Å². The maximum absolute atomic E-state index is 14.7. The highest BCUT2D eigenvalue weighted by Gasteiger charge is 2.58. The smallest absolute Gasteiger partial charge is 0.410 e. The molecule has 7 nitrogen and oxygen atoms in total. The Bertz CT molecular complexity index is 1900. The molecule has 58 heavy (non-hydrogen) atoms. The quantitative estimate of drug-likeness (QED) is 0.166. The van der Waals surface area contributed by atoms with Crippen molar-refractivity contribution in [3.63, 3.8) is 0 Å². The van der Waals surface area contributed by atoms with Gasteiger partial charge >= 0.3 is 6.09 Å². The predicted octanol–water partition coefficient (Wildman–Crippen LogP) is 10.7. The standard InChI is InChI=1S/C51H67NO6/c1-34(2)43-23-16-36(4)29-47(43)58-49(55)52(32-42-14-10-28-57-42)33-51(56)27-25-46-44-24-17-37(30-41(53)22-15-35(3)11-9-26-50(46,51)5)31-45(44)48(54)40-20-18-39(19-21-40)38-12-7-6-8-13-38/h6-8,11-13,17-21,24,31,34,36,41-43,46-47,53,56H,9-10,14-16,22-23,25-30,32-33H2,1-5H3. The summed E-state index contributed by atoms with van der Waals surface area (Å²) in [5.41, 5.74) is 4.52. The number of benzene rings is 3. The predicted molar refractivity (Wildman–Crippen MR) is 231 cm³/mol. The first-order valence-corrected chi connectivity index (χ1v) is 22.3.